The van der Waals surface area contributed by atoms with Crippen molar-refractivity contribution in [2.45, 2.75) is 6.92 Å². The third-order valence-corrected chi connectivity index (χ3v) is 3.48. The van der Waals surface area contributed by atoms with Gasteiger partial charge in [0.2, 0.25) is 0 Å². The molecule has 0 saturated heterocycles. The summed E-state index contributed by atoms with van der Waals surface area (Å²) in [6, 6.07) is 17.4. The van der Waals surface area contributed by atoms with E-state index in [0.717, 1.165) is 16.9 Å². The minimum Gasteiger partial charge on any atom is -0.384 e. The molecule has 0 aliphatic carbocycles. The summed E-state index contributed by atoms with van der Waals surface area (Å²) in [6.45, 7) is 2.06. The summed E-state index contributed by atoms with van der Waals surface area (Å²) in [7, 11) is 0. The molecule has 0 spiro atoms. The maximum Gasteiger partial charge on any atom is 0.127 e. The molecule has 20 heavy (non-hydrogen) atoms. The zero-order valence-electron chi connectivity index (χ0n) is 11.0. The lowest BCUT2D eigenvalue weighted by molar-refractivity contribution is 0.895. The van der Waals surface area contributed by atoms with Crippen LogP contribution in [0, 0.1) is 6.92 Å². The fourth-order valence-corrected chi connectivity index (χ4v) is 2.30. The van der Waals surface area contributed by atoms with Gasteiger partial charge in [-0.15, -0.1) is 0 Å². The Morgan fingerprint density at radius 1 is 1.05 bits per heavy atom. The van der Waals surface area contributed by atoms with Crippen molar-refractivity contribution in [1.29, 1.82) is 0 Å². The minimum atomic E-state index is 0.602. The molecule has 3 rings (SSSR count). The third-order valence-electron chi connectivity index (χ3n) is 3.23. The highest BCUT2D eigenvalue weighted by atomic mass is 35.5. The van der Waals surface area contributed by atoms with Crippen molar-refractivity contribution in [3.05, 3.63) is 65.2 Å². The molecule has 0 fully saturated rings. The fraction of sp³-hybridized carbons (Fsp3) is 0.0625. The van der Waals surface area contributed by atoms with Crippen LogP contribution in [-0.2, 0) is 0 Å². The Hall–Kier alpha value is -2.26. The highest BCUT2D eigenvalue weighted by Gasteiger charge is 2.10. The van der Waals surface area contributed by atoms with Gasteiger partial charge in [0.1, 0.15) is 5.82 Å². The van der Waals surface area contributed by atoms with Crippen LogP contribution in [0.15, 0.2) is 54.6 Å². The zero-order chi connectivity index (χ0) is 14.1. The molecule has 0 aliphatic rings. The normalized spacial score (nSPS) is 10.7. The molecule has 3 nitrogen and oxygen atoms in total. The van der Waals surface area contributed by atoms with E-state index in [1.54, 1.807) is 4.68 Å². The van der Waals surface area contributed by atoms with Crippen LogP contribution in [0.25, 0.3) is 16.9 Å². The average molecular weight is 284 g/mol. The number of nitrogen functional groups attached to an aromatic ring is 1. The van der Waals surface area contributed by atoms with Gasteiger partial charge in [-0.1, -0.05) is 35.9 Å². The van der Waals surface area contributed by atoms with Crippen LogP contribution in [0.2, 0.25) is 5.02 Å². The van der Waals surface area contributed by atoms with E-state index in [0.29, 0.717) is 10.8 Å². The lowest BCUT2D eigenvalue weighted by atomic mass is 10.1. The van der Waals surface area contributed by atoms with Crippen molar-refractivity contribution < 1.29 is 0 Å². The summed E-state index contributed by atoms with van der Waals surface area (Å²) in [6.07, 6.45) is 0. The first kappa shape index (κ1) is 12.8. The van der Waals surface area contributed by atoms with Crippen LogP contribution in [-0.4, -0.2) is 9.78 Å². The van der Waals surface area contributed by atoms with Crippen molar-refractivity contribution in [2.75, 3.05) is 5.73 Å². The first-order valence-electron chi connectivity index (χ1n) is 6.32. The Morgan fingerprint density at radius 3 is 2.45 bits per heavy atom. The van der Waals surface area contributed by atoms with Crippen molar-refractivity contribution in [1.82, 2.24) is 9.78 Å². The van der Waals surface area contributed by atoms with Crippen molar-refractivity contribution in [3.8, 4) is 16.9 Å². The Labute approximate surface area is 122 Å². The number of hydrogen-bond acceptors (Lipinski definition) is 2. The number of benzene rings is 2. The molecule has 4 heteroatoms. The van der Waals surface area contributed by atoms with Gasteiger partial charge in [-0.2, -0.15) is 5.10 Å². The molecular formula is C16H14ClN3. The molecule has 0 amide bonds. The number of hydrogen-bond donors (Lipinski definition) is 1. The molecule has 0 unspecified atom stereocenters. The molecule has 3 aromatic rings. The Morgan fingerprint density at radius 2 is 1.75 bits per heavy atom. The molecule has 0 saturated carbocycles. The highest BCUT2D eigenvalue weighted by Crippen LogP contribution is 2.25. The molecule has 0 aliphatic heterocycles. The van der Waals surface area contributed by atoms with E-state index in [1.807, 2.05) is 48.5 Å². The van der Waals surface area contributed by atoms with Crippen LogP contribution in [0.3, 0.4) is 0 Å². The molecule has 0 bridgehead atoms. The largest absolute Gasteiger partial charge is 0.384 e. The molecule has 2 N–H and O–H groups in total. The van der Waals surface area contributed by atoms with Gasteiger partial charge in [0.05, 0.1) is 11.4 Å². The maximum atomic E-state index is 6.07. The summed E-state index contributed by atoms with van der Waals surface area (Å²) < 4.78 is 1.72. The number of aryl methyl sites for hydroxylation is 1. The fourth-order valence-electron chi connectivity index (χ4n) is 2.18. The van der Waals surface area contributed by atoms with Crippen LogP contribution >= 0.6 is 11.6 Å². The first-order chi connectivity index (χ1) is 9.65. The van der Waals surface area contributed by atoms with Gasteiger partial charge in [-0.05, 0) is 36.8 Å². The van der Waals surface area contributed by atoms with Gasteiger partial charge in [-0.3, -0.25) is 0 Å². The number of aromatic nitrogens is 2. The quantitative estimate of drug-likeness (QED) is 0.770. The average Bonchev–Trinajstić information content (AvgIpc) is 2.82. The Kier molecular flexibility index (Phi) is 3.20. The van der Waals surface area contributed by atoms with Crippen LogP contribution in [0.4, 0.5) is 5.82 Å². The standard InChI is InChI=1S/C16H14ClN3/c1-11-4-2-3-5-14(11)15-10-16(18)20(19-15)13-8-6-12(17)7-9-13/h2-10H,18H2,1H3. The molecular weight excluding hydrogens is 270 g/mol. The lowest BCUT2D eigenvalue weighted by Crippen LogP contribution is -2.01. The third kappa shape index (κ3) is 2.28. The summed E-state index contributed by atoms with van der Waals surface area (Å²) in [5.74, 6) is 0.602. The summed E-state index contributed by atoms with van der Waals surface area (Å²) >= 11 is 5.90. The summed E-state index contributed by atoms with van der Waals surface area (Å²) in [5, 5.41) is 5.28. The number of nitrogens with two attached hydrogens (primary N) is 1. The Bertz CT molecular complexity index is 745. The lowest BCUT2D eigenvalue weighted by Gasteiger charge is -2.04. The van der Waals surface area contributed by atoms with E-state index >= 15 is 0 Å². The van der Waals surface area contributed by atoms with E-state index in [4.69, 9.17) is 17.3 Å². The second-order valence-electron chi connectivity index (χ2n) is 4.66. The minimum absolute atomic E-state index is 0.602. The summed E-state index contributed by atoms with van der Waals surface area (Å²) in [4.78, 5) is 0. The molecule has 0 atom stereocenters. The van der Waals surface area contributed by atoms with E-state index in [2.05, 4.69) is 18.1 Å². The molecule has 1 heterocycles. The van der Waals surface area contributed by atoms with Gasteiger partial charge in [0, 0.05) is 16.7 Å². The summed E-state index contributed by atoms with van der Waals surface area (Å²) in [5.41, 5.74) is 10.1. The van der Waals surface area contributed by atoms with Crippen LogP contribution in [0.1, 0.15) is 5.56 Å². The molecule has 100 valence electrons. The zero-order valence-corrected chi connectivity index (χ0v) is 11.8. The predicted octanol–water partition coefficient (Wildman–Crippen LogP) is 4.08. The highest BCUT2D eigenvalue weighted by molar-refractivity contribution is 6.30. The molecule has 2 aromatic carbocycles. The number of halogens is 1. The van der Waals surface area contributed by atoms with E-state index in [9.17, 15) is 0 Å². The topological polar surface area (TPSA) is 43.8 Å². The molecule has 1 aromatic heterocycles. The number of rotatable bonds is 2. The van der Waals surface area contributed by atoms with Gasteiger partial charge < -0.3 is 5.73 Å². The number of nitrogens with zero attached hydrogens (tertiary/aromatic N) is 2. The SMILES string of the molecule is Cc1ccccc1-c1cc(N)n(-c2ccc(Cl)cc2)n1. The van der Waals surface area contributed by atoms with E-state index in [1.165, 1.54) is 5.56 Å². The first-order valence-corrected chi connectivity index (χ1v) is 6.70. The maximum absolute atomic E-state index is 6.07. The second-order valence-corrected chi connectivity index (χ2v) is 5.09. The van der Waals surface area contributed by atoms with Crippen LogP contribution < -0.4 is 5.73 Å². The van der Waals surface area contributed by atoms with Crippen LogP contribution in [0.5, 0.6) is 0 Å². The second kappa shape index (κ2) is 5.02. The predicted molar refractivity (Wildman–Crippen MR) is 83.2 cm³/mol. The van der Waals surface area contributed by atoms with Gasteiger partial charge in [0.25, 0.3) is 0 Å². The number of anilines is 1. The van der Waals surface area contributed by atoms with E-state index in [-0.39, 0.29) is 0 Å². The Balaban J connectivity index is 2.08. The van der Waals surface area contributed by atoms with Gasteiger partial charge in [-0.25, -0.2) is 4.68 Å². The van der Waals surface area contributed by atoms with Crippen molar-refractivity contribution in [3.63, 3.8) is 0 Å². The van der Waals surface area contributed by atoms with E-state index < -0.39 is 0 Å². The molecule has 0 radical (unpaired) electrons. The van der Waals surface area contributed by atoms with Crippen molar-refractivity contribution >= 4 is 17.4 Å². The van der Waals surface area contributed by atoms with Gasteiger partial charge >= 0.3 is 0 Å². The monoisotopic (exact) mass is 283 g/mol. The van der Waals surface area contributed by atoms with Gasteiger partial charge in [0.15, 0.2) is 0 Å². The van der Waals surface area contributed by atoms with Crippen molar-refractivity contribution in [2.24, 2.45) is 0 Å². The smallest absolute Gasteiger partial charge is 0.127 e.